The highest BCUT2D eigenvalue weighted by atomic mass is 16.2. The van der Waals surface area contributed by atoms with Gasteiger partial charge in [0.05, 0.1) is 5.69 Å². The fourth-order valence-corrected chi connectivity index (χ4v) is 2.51. The van der Waals surface area contributed by atoms with Gasteiger partial charge in [0.15, 0.2) is 0 Å². The van der Waals surface area contributed by atoms with Crippen molar-refractivity contribution in [2.75, 3.05) is 4.90 Å². The molecule has 0 unspecified atom stereocenters. The van der Waals surface area contributed by atoms with E-state index in [0.717, 1.165) is 21.6 Å². The maximum absolute atomic E-state index is 12.6. The van der Waals surface area contributed by atoms with Crippen LogP contribution < -0.4 is 4.90 Å². The SMILES string of the molecule is Cc1ccc(N(C=O)C(=O)c2ccc(-c3ccccc3)cc2)cc1. The molecule has 0 aliphatic carbocycles. The quantitative estimate of drug-likeness (QED) is 0.666. The summed E-state index contributed by atoms with van der Waals surface area (Å²) in [6, 6.07) is 24.5. The number of carbonyl (C=O) groups excluding carboxylic acids is 2. The van der Waals surface area contributed by atoms with Crippen molar-refractivity contribution in [2.45, 2.75) is 6.92 Å². The highest BCUT2D eigenvalue weighted by Crippen LogP contribution is 2.21. The number of carbonyl (C=O) groups is 2. The van der Waals surface area contributed by atoms with Gasteiger partial charge >= 0.3 is 0 Å². The summed E-state index contributed by atoms with van der Waals surface area (Å²) in [6.07, 6.45) is 0.554. The molecular formula is C21H17NO2. The Bertz CT molecular complexity index is 837. The van der Waals surface area contributed by atoms with E-state index in [0.29, 0.717) is 17.7 Å². The van der Waals surface area contributed by atoms with Gasteiger partial charge in [0.25, 0.3) is 5.91 Å². The summed E-state index contributed by atoms with van der Waals surface area (Å²) in [5, 5.41) is 0. The van der Waals surface area contributed by atoms with Crippen molar-refractivity contribution < 1.29 is 9.59 Å². The lowest BCUT2D eigenvalue weighted by Crippen LogP contribution is -2.29. The van der Waals surface area contributed by atoms with Gasteiger partial charge in [0.2, 0.25) is 6.41 Å². The predicted octanol–water partition coefficient (Wildman–Crippen LogP) is 4.47. The standard InChI is InChI=1S/C21H17NO2/c1-16-7-13-20(14-8-16)22(15-23)21(24)19-11-9-18(10-12-19)17-5-3-2-4-6-17/h2-15H,1H3. The summed E-state index contributed by atoms with van der Waals surface area (Å²) in [5.74, 6) is -0.339. The summed E-state index contributed by atoms with van der Waals surface area (Å²) in [5.41, 5.74) is 4.22. The van der Waals surface area contributed by atoms with E-state index in [4.69, 9.17) is 0 Å². The van der Waals surface area contributed by atoms with Crippen molar-refractivity contribution >= 4 is 18.0 Å². The Balaban J connectivity index is 1.86. The van der Waals surface area contributed by atoms with Crippen LogP contribution in [0.4, 0.5) is 5.69 Å². The largest absolute Gasteiger partial charge is 0.278 e. The summed E-state index contributed by atoms with van der Waals surface area (Å²) in [4.78, 5) is 25.1. The zero-order valence-electron chi connectivity index (χ0n) is 13.3. The van der Waals surface area contributed by atoms with Crippen LogP contribution in [-0.4, -0.2) is 12.3 Å². The Morgan fingerprint density at radius 1 is 0.792 bits per heavy atom. The monoisotopic (exact) mass is 315 g/mol. The number of hydrogen-bond donors (Lipinski definition) is 0. The molecule has 0 radical (unpaired) electrons. The molecule has 0 N–H and O–H groups in total. The third kappa shape index (κ3) is 3.25. The molecule has 0 aromatic heterocycles. The van der Waals surface area contributed by atoms with E-state index in [1.165, 1.54) is 0 Å². The third-order valence-corrected chi connectivity index (χ3v) is 3.88. The maximum atomic E-state index is 12.6. The Hall–Kier alpha value is -3.20. The van der Waals surface area contributed by atoms with Crippen LogP contribution in [0.1, 0.15) is 15.9 Å². The van der Waals surface area contributed by atoms with E-state index in [2.05, 4.69) is 0 Å². The van der Waals surface area contributed by atoms with Crippen molar-refractivity contribution in [3.8, 4) is 11.1 Å². The minimum absolute atomic E-state index is 0.339. The molecule has 0 saturated heterocycles. The second-order valence-electron chi connectivity index (χ2n) is 5.56. The van der Waals surface area contributed by atoms with E-state index in [1.807, 2.05) is 61.5 Å². The molecule has 3 heteroatoms. The minimum Gasteiger partial charge on any atom is -0.278 e. The van der Waals surface area contributed by atoms with Crippen molar-refractivity contribution in [2.24, 2.45) is 0 Å². The van der Waals surface area contributed by atoms with Gasteiger partial charge in [-0.1, -0.05) is 60.2 Å². The summed E-state index contributed by atoms with van der Waals surface area (Å²) in [6.45, 7) is 1.96. The molecule has 0 heterocycles. The molecule has 2 amide bonds. The van der Waals surface area contributed by atoms with Crippen LogP contribution in [0.15, 0.2) is 78.9 Å². The van der Waals surface area contributed by atoms with E-state index in [9.17, 15) is 9.59 Å². The number of rotatable bonds is 4. The van der Waals surface area contributed by atoms with Gasteiger partial charge < -0.3 is 0 Å². The van der Waals surface area contributed by atoms with Crippen LogP contribution in [-0.2, 0) is 4.79 Å². The highest BCUT2D eigenvalue weighted by molar-refractivity contribution is 6.15. The fraction of sp³-hybridized carbons (Fsp3) is 0.0476. The average Bonchev–Trinajstić information content (AvgIpc) is 2.64. The van der Waals surface area contributed by atoms with E-state index in [-0.39, 0.29) is 5.91 Å². The molecular weight excluding hydrogens is 298 g/mol. The van der Waals surface area contributed by atoms with Crippen LogP contribution in [0.2, 0.25) is 0 Å². The van der Waals surface area contributed by atoms with Crippen LogP contribution in [0, 0.1) is 6.92 Å². The van der Waals surface area contributed by atoms with Crippen LogP contribution >= 0.6 is 0 Å². The first kappa shape index (κ1) is 15.7. The molecule has 118 valence electrons. The number of amides is 2. The number of aryl methyl sites for hydroxylation is 1. The Morgan fingerprint density at radius 3 is 1.96 bits per heavy atom. The molecule has 0 aliphatic heterocycles. The van der Waals surface area contributed by atoms with Gasteiger partial charge in [-0.05, 0) is 42.3 Å². The first-order valence-corrected chi connectivity index (χ1v) is 7.70. The smallest absolute Gasteiger partial charge is 0.264 e. The Labute approximate surface area is 141 Å². The van der Waals surface area contributed by atoms with Crippen molar-refractivity contribution in [3.63, 3.8) is 0 Å². The number of benzene rings is 3. The second-order valence-corrected chi connectivity index (χ2v) is 5.56. The van der Waals surface area contributed by atoms with Crippen LogP contribution in [0.5, 0.6) is 0 Å². The molecule has 0 spiro atoms. The normalized spacial score (nSPS) is 10.2. The first-order valence-electron chi connectivity index (χ1n) is 7.70. The topological polar surface area (TPSA) is 37.4 Å². The predicted molar refractivity (Wildman–Crippen MR) is 95.9 cm³/mol. The zero-order chi connectivity index (χ0) is 16.9. The number of anilines is 1. The molecule has 0 fully saturated rings. The molecule has 0 atom stereocenters. The molecule has 3 aromatic carbocycles. The number of imide groups is 1. The first-order chi connectivity index (χ1) is 11.7. The van der Waals surface area contributed by atoms with Crippen molar-refractivity contribution in [1.82, 2.24) is 0 Å². The fourth-order valence-electron chi connectivity index (χ4n) is 2.51. The third-order valence-electron chi connectivity index (χ3n) is 3.88. The van der Waals surface area contributed by atoms with Gasteiger partial charge in [-0.3, -0.25) is 9.59 Å². The zero-order valence-corrected chi connectivity index (χ0v) is 13.3. The summed E-state index contributed by atoms with van der Waals surface area (Å²) in [7, 11) is 0. The lowest BCUT2D eigenvalue weighted by atomic mass is 10.0. The van der Waals surface area contributed by atoms with Gasteiger partial charge in [0, 0.05) is 5.56 Å². The second kappa shape index (κ2) is 6.92. The Morgan fingerprint density at radius 2 is 1.38 bits per heavy atom. The summed E-state index contributed by atoms with van der Waals surface area (Å²) < 4.78 is 0. The lowest BCUT2D eigenvalue weighted by molar-refractivity contribution is -0.106. The molecule has 0 aliphatic rings. The molecule has 3 nitrogen and oxygen atoms in total. The number of hydrogen-bond acceptors (Lipinski definition) is 2. The van der Waals surface area contributed by atoms with E-state index < -0.39 is 0 Å². The molecule has 0 saturated carbocycles. The van der Waals surface area contributed by atoms with Gasteiger partial charge in [-0.2, -0.15) is 0 Å². The minimum atomic E-state index is -0.339. The van der Waals surface area contributed by atoms with Gasteiger partial charge in [0.1, 0.15) is 0 Å². The maximum Gasteiger partial charge on any atom is 0.264 e. The Kier molecular flexibility index (Phi) is 4.52. The average molecular weight is 315 g/mol. The highest BCUT2D eigenvalue weighted by Gasteiger charge is 2.17. The lowest BCUT2D eigenvalue weighted by Gasteiger charge is -2.16. The van der Waals surface area contributed by atoms with Crippen LogP contribution in [0.25, 0.3) is 11.1 Å². The van der Waals surface area contributed by atoms with Crippen molar-refractivity contribution in [1.29, 1.82) is 0 Å². The van der Waals surface area contributed by atoms with Crippen molar-refractivity contribution in [3.05, 3.63) is 90.0 Å². The van der Waals surface area contributed by atoms with E-state index >= 15 is 0 Å². The molecule has 0 bridgehead atoms. The van der Waals surface area contributed by atoms with Gasteiger partial charge in [-0.25, -0.2) is 4.90 Å². The molecule has 24 heavy (non-hydrogen) atoms. The van der Waals surface area contributed by atoms with Crippen LogP contribution in [0.3, 0.4) is 0 Å². The molecule has 3 aromatic rings. The van der Waals surface area contributed by atoms with Gasteiger partial charge in [-0.15, -0.1) is 0 Å². The van der Waals surface area contributed by atoms with E-state index in [1.54, 1.807) is 24.3 Å². The summed E-state index contributed by atoms with van der Waals surface area (Å²) >= 11 is 0. The molecule has 3 rings (SSSR count). The number of nitrogens with zero attached hydrogens (tertiary/aromatic N) is 1.